The number of aliphatic hydroxyl groups is 1. The predicted molar refractivity (Wildman–Crippen MR) is 94.7 cm³/mol. The van der Waals surface area contributed by atoms with Crippen molar-refractivity contribution in [1.82, 2.24) is 14.9 Å². The molecule has 1 atom stereocenters. The van der Waals surface area contributed by atoms with E-state index in [1.54, 1.807) is 0 Å². The molecule has 7 nitrogen and oxygen atoms in total. The first kappa shape index (κ1) is 17.4. The maximum Gasteiger partial charge on any atom is 0.224 e. The largest absolute Gasteiger partial charge is 0.395 e. The molecule has 0 aromatic carbocycles. The number of aromatic nitrogens is 2. The van der Waals surface area contributed by atoms with Crippen LogP contribution in [-0.2, 0) is 4.74 Å². The molecule has 2 fully saturated rings. The van der Waals surface area contributed by atoms with Crippen LogP contribution in [-0.4, -0.2) is 79.1 Å². The Morgan fingerprint density at radius 3 is 2.79 bits per heavy atom. The number of rotatable bonds is 7. The molecule has 134 valence electrons. The fraction of sp³-hybridized carbons (Fsp3) is 0.765. The van der Waals surface area contributed by atoms with Crippen LogP contribution in [0.15, 0.2) is 6.07 Å². The Balaban J connectivity index is 1.74. The van der Waals surface area contributed by atoms with Crippen molar-refractivity contribution in [3.63, 3.8) is 0 Å². The van der Waals surface area contributed by atoms with Crippen LogP contribution in [0.3, 0.4) is 0 Å². The second-order valence-corrected chi connectivity index (χ2v) is 6.51. The zero-order valence-electron chi connectivity index (χ0n) is 14.6. The Hall–Kier alpha value is -1.44. The maximum absolute atomic E-state index is 9.05. The predicted octanol–water partition coefficient (Wildman–Crippen LogP) is 0.917. The molecule has 0 radical (unpaired) electrons. The van der Waals surface area contributed by atoms with Crippen LogP contribution in [0.25, 0.3) is 0 Å². The molecule has 1 aromatic rings. The molecule has 2 aliphatic heterocycles. The van der Waals surface area contributed by atoms with Gasteiger partial charge < -0.3 is 20.1 Å². The molecular formula is C17H29N5O2. The summed E-state index contributed by atoms with van der Waals surface area (Å²) in [5.74, 6) is 1.95. The first-order valence-corrected chi connectivity index (χ1v) is 9.09. The van der Waals surface area contributed by atoms with Crippen LogP contribution in [0.1, 0.15) is 31.4 Å². The highest BCUT2D eigenvalue weighted by Gasteiger charge is 2.23. The molecule has 2 saturated heterocycles. The average molecular weight is 335 g/mol. The van der Waals surface area contributed by atoms with E-state index in [0.29, 0.717) is 18.4 Å². The van der Waals surface area contributed by atoms with E-state index in [0.717, 1.165) is 57.3 Å². The van der Waals surface area contributed by atoms with Crippen molar-refractivity contribution in [2.75, 3.05) is 69.3 Å². The number of piperazine rings is 1. The van der Waals surface area contributed by atoms with E-state index < -0.39 is 0 Å². The summed E-state index contributed by atoms with van der Waals surface area (Å²) >= 11 is 0. The molecule has 0 saturated carbocycles. The summed E-state index contributed by atoms with van der Waals surface area (Å²) < 4.78 is 5.52. The average Bonchev–Trinajstić information content (AvgIpc) is 3.15. The summed E-state index contributed by atoms with van der Waals surface area (Å²) in [5, 5.41) is 12.2. The molecule has 3 rings (SSSR count). The SMILES string of the molecule is CCCN1CCN(c2cc([C@H]3CCOC3)nc(NCCO)n2)CC1. The van der Waals surface area contributed by atoms with Gasteiger partial charge in [-0.1, -0.05) is 6.92 Å². The topological polar surface area (TPSA) is 73.8 Å². The van der Waals surface area contributed by atoms with Gasteiger partial charge in [0.15, 0.2) is 0 Å². The molecule has 0 unspecified atom stereocenters. The van der Waals surface area contributed by atoms with Crippen LogP contribution < -0.4 is 10.2 Å². The van der Waals surface area contributed by atoms with Crippen molar-refractivity contribution in [2.24, 2.45) is 0 Å². The smallest absolute Gasteiger partial charge is 0.224 e. The third-order valence-electron chi connectivity index (χ3n) is 4.71. The monoisotopic (exact) mass is 335 g/mol. The molecule has 0 spiro atoms. The summed E-state index contributed by atoms with van der Waals surface area (Å²) in [7, 11) is 0. The van der Waals surface area contributed by atoms with Gasteiger partial charge in [-0.3, -0.25) is 4.90 Å². The minimum Gasteiger partial charge on any atom is -0.395 e. The highest BCUT2D eigenvalue weighted by molar-refractivity contribution is 5.46. The van der Waals surface area contributed by atoms with Crippen LogP contribution >= 0.6 is 0 Å². The van der Waals surface area contributed by atoms with Crippen molar-refractivity contribution in [3.05, 3.63) is 11.8 Å². The van der Waals surface area contributed by atoms with Gasteiger partial charge in [0, 0.05) is 51.3 Å². The Labute approximate surface area is 144 Å². The fourth-order valence-electron chi connectivity index (χ4n) is 3.36. The van der Waals surface area contributed by atoms with Gasteiger partial charge in [0.1, 0.15) is 5.82 Å². The first-order chi connectivity index (χ1) is 11.8. The van der Waals surface area contributed by atoms with Crippen LogP contribution in [0.4, 0.5) is 11.8 Å². The molecule has 2 N–H and O–H groups in total. The third-order valence-corrected chi connectivity index (χ3v) is 4.71. The van der Waals surface area contributed by atoms with Crippen LogP contribution in [0.2, 0.25) is 0 Å². The van der Waals surface area contributed by atoms with Gasteiger partial charge in [-0.25, -0.2) is 4.98 Å². The maximum atomic E-state index is 9.05. The third kappa shape index (κ3) is 4.34. The highest BCUT2D eigenvalue weighted by atomic mass is 16.5. The van der Waals surface area contributed by atoms with E-state index >= 15 is 0 Å². The lowest BCUT2D eigenvalue weighted by Crippen LogP contribution is -2.47. The molecule has 24 heavy (non-hydrogen) atoms. The van der Waals surface area contributed by atoms with Crippen molar-refractivity contribution < 1.29 is 9.84 Å². The Morgan fingerprint density at radius 2 is 2.12 bits per heavy atom. The van der Waals surface area contributed by atoms with Gasteiger partial charge >= 0.3 is 0 Å². The molecule has 0 bridgehead atoms. The van der Waals surface area contributed by atoms with Crippen LogP contribution in [0.5, 0.6) is 0 Å². The van der Waals surface area contributed by atoms with E-state index in [1.807, 2.05) is 0 Å². The fourth-order valence-corrected chi connectivity index (χ4v) is 3.36. The number of aliphatic hydroxyl groups excluding tert-OH is 1. The second kappa shape index (κ2) is 8.60. The van der Waals surface area contributed by atoms with Crippen molar-refractivity contribution in [2.45, 2.75) is 25.7 Å². The van der Waals surface area contributed by atoms with Crippen molar-refractivity contribution >= 4 is 11.8 Å². The van der Waals surface area contributed by atoms with Crippen LogP contribution in [0, 0.1) is 0 Å². The van der Waals surface area contributed by atoms with Gasteiger partial charge in [0.2, 0.25) is 5.95 Å². The molecule has 7 heteroatoms. The molecule has 2 aliphatic rings. The Bertz CT molecular complexity index is 514. The van der Waals surface area contributed by atoms with Gasteiger partial charge in [-0.05, 0) is 19.4 Å². The minimum atomic E-state index is 0.0746. The van der Waals surface area contributed by atoms with Gasteiger partial charge in [-0.2, -0.15) is 4.98 Å². The number of ether oxygens (including phenoxy) is 1. The number of anilines is 2. The molecule has 0 aliphatic carbocycles. The van der Waals surface area contributed by atoms with Crippen molar-refractivity contribution in [3.8, 4) is 0 Å². The quantitative estimate of drug-likeness (QED) is 0.767. The summed E-state index contributed by atoms with van der Waals surface area (Å²) in [6.45, 7) is 9.64. The zero-order chi connectivity index (χ0) is 16.8. The summed E-state index contributed by atoms with van der Waals surface area (Å²) in [6.07, 6.45) is 2.22. The highest BCUT2D eigenvalue weighted by Crippen LogP contribution is 2.27. The lowest BCUT2D eigenvalue weighted by atomic mass is 10.0. The van der Waals surface area contributed by atoms with Gasteiger partial charge in [0.05, 0.1) is 18.9 Å². The Morgan fingerprint density at radius 1 is 1.29 bits per heavy atom. The summed E-state index contributed by atoms with van der Waals surface area (Å²) in [4.78, 5) is 14.2. The van der Waals surface area contributed by atoms with Crippen molar-refractivity contribution in [1.29, 1.82) is 0 Å². The number of hydrogen-bond acceptors (Lipinski definition) is 7. The molecular weight excluding hydrogens is 306 g/mol. The van der Waals surface area contributed by atoms with E-state index in [2.05, 4.69) is 38.1 Å². The normalized spacial score (nSPS) is 22.1. The molecule has 0 amide bonds. The van der Waals surface area contributed by atoms with E-state index in [9.17, 15) is 0 Å². The van der Waals surface area contributed by atoms with E-state index in [1.165, 1.54) is 13.0 Å². The van der Waals surface area contributed by atoms with E-state index in [4.69, 9.17) is 9.84 Å². The standard InChI is InChI=1S/C17H29N5O2/c1-2-5-21-6-8-22(9-7-21)16-12-15(14-3-11-24-13-14)19-17(20-16)18-4-10-23/h12,14,23H,2-11,13H2,1H3,(H,18,19,20)/t14-/m0/s1. The number of nitrogens with zero attached hydrogens (tertiary/aromatic N) is 4. The second-order valence-electron chi connectivity index (χ2n) is 6.51. The van der Waals surface area contributed by atoms with Gasteiger partial charge in [0.25, 0.3) is 0 Å². The number of nitrogens with one attached hydrogen (secondary N) is 1. The first-order valence-electron chi connectivity index (χ1n) is 9.09. The zero-order valence-corrected chi connectivity index (χ0v) is 14.6. The summed E-state index contributed by atoms with van der Waals surface area (Å²) in [6, 6.07) is 2.12. The lowest BCUT2D eigenvalue weighted by molar-refractivity contribution is 0.193. The molecule has 3 heterocycles. The number of hydrogen-bond donors (Lipinski definition) is 2. The Kier molecular flexibility index (Phi) is 6.23. The van der Waals surface area contributed by atoms with E-state index in [-0.39, 0.29) is 6.61 Å². The summed E-state index contributed by atoms with van der Waals surface area (Å²) in [5.41, 5.74) is 1.05. The molecule has 1 aromatic heterocycles. The lowest BCUT2D eigenvalue weighted by Gasteiger charge is -2.35. The minimum absolute atomic E-state index is 0.0746. The van der Waals surface area contributed by atoms with Gasteiger partial charge in [-0.15, -0.1) is 0 Å².